The van der Waals surface area contributed by atoms with Crippen LogP contribution < -0.4 is 5.32 Å². The Morgan fingerprint density at radius 1 is 0.906 bits per heavy atom. The largest absolute Gasteiger partial charge is 0.435 e. The first-order valence-electron chi connectivity index (χ1n) is 9.90. The Morgan fingerprint density at radius 3 is 2.22 bits per heavy atom. The number of hydrogen-bond donors (Lipinski definition) is 1. The number of nitrogens with one attached hydrogen (secondary N) is 1. The molecule has 0 aliphatic carbocycles. The van der Waals surface area contributed by atoms with Crippen LogP contribution in [0.1, 0.15) is 22.3 Å². The molecule has 2 heterocycles. The normalized spacial score (nSPS) is 21.1. The first-order valence-corrected chi connectivity index (χ1v) is 9.90. The number of para-hydroxylation sites is 1. The standard InChI is InChI=1S/C24H17F3N4O/c1-15-9-5-8-14-19(15)28-20-17-12-6-7-13-18(17)21-29-22(32)30-23(31(20)21,24(25,26)27)16-10-3-2-4-11-16/h2-14H,1H3,(H,30,32). The highest BCUT2D eigenvalue weighted by molar-refractivity contribution is 6.28. The number of amidine groups is 2. The summed E-state index contributed by atoms with van der Waals surface area (Å²) >= 11 is 0. The fourth-order valence-electron chi connectivity index (χ4n) is 4.13. The second-order valence-corrected chi connectivity index (χ2v) is 7.54. The van der Waals surface area contributed by atoms with Gasteiger partial charge in [-0.25, -0.2) is 9.79 Å². The van der Waals surface area contributed by atoms with Gasteiger partial charge in [0.05, 0.1) is 5.69 Å². The van der Waals surface area contributed by atoms with Crippen LogP contribution in [0.5, 0.6) is 0 Å². The van der Waals surface area contributed by atoms with Crippen LogP contribution in [0.15, 0.2) is 88.8 Å². The van der Waals surface area contributed by atoms with E-state index in [4.69, 9.17) is 0 Å². The molecule has 0 saturated heterocycles. The van der Waals surface area contributed by atoms with Crippen LogP contribution in [0, 0.1) is 6.92 Å². The third-order valence-electron chi connectivity index (χ3n) is 5.61. The number of halogens is 3. The SMILES string of the molecule is Cc1ccccc1N=C1c2ccccc2C2=NC(=O)NC(c3ccccc3)(C(F)(F)F)N21. The number of hydrogen-bond acceptors (Lipinski definition) is 2. The lowest BCUT2D eigenvalue weighted by molar-refractivity contribution is -0.223. The molecule has 0 bridgehead atoms. The first kappa shape index (κ1) is 20.0. The highest BCUT2D eigenvalue weighted by atomic mass is 19.4. The third kappa shape index (κ3) is 2.83. The van der Waals surface area contributed by atoms with E-state index in [1.165, 1.54) is 24.3 Å². The van der Waals surface area contributed by atoms with Gasteiger partial charge in [0.1, 0.15) is 5.84 Å². The molecular weight excluding hydrogens is 417 g/mol. The average Bonchev–Trinajstić information content (AvgIpc) is 3.08. The molecule has 8 heteroatoms. The summed E-state index contributed by atoms with van der Waals surface area (Å²) in [5.74, 6) is -0.0207. The Morgan fingerprint density at radius 2 is 1.53 bits per heavy atom. The van der Waals surface area contributed by atoms with Gasteiger partial charge in [0, 0.05) is 16.7 Å². The maximum atomic E-state index is 14.9. The van der Waals surface area contributed by atoms with Crippen LogP contribution >= 0.6 is 0 Å². The molecule has 3 aromatic rings. The molecule has 0 spiro atoms. The van der Waals surface area contributed by atoms with Crippen molar-refractivity contribution in [3.63, 3.8) is 0 Å². The van der Waals surface area contributed by atoms with E-state index >= 15 is 0 Å². The average molecular weight is 434 g/mol. The fraction of sp³-hybridized carbons (Fsp3) is 0.125. The lowest BCUT2D eigenvalue weighted by atomic mass is 9.95. The van der Waals surface area contributed by atoms with Gasteiger partial charge in [0.2, 0.25) is 5.66 Å². The van der Waals surface area contributed by atoms with Gasteiger partial charge in [-0.05, 0) is 18.6 Å². The molecule has 0 radical (unpaired) electrons. The highest BCUT2D eigenvalue weighted by Gasteiger charge is 2.66. The van der Waals surface area contributed by atoms with Crippen LogP contribution in [0.4, 0.5) is 23.7 Å². The zero-order valence-corrected chi connectivity index (χ0v) is 16.9. The van der Waals surface area contributed by atoms with Crippen LogP contribution in [-0.2, 0) is 5.66 Å². The second kappa shape index (κ2) is 7.05. The Kier molecular flexibility index (Phi) is 4.40. The summed E-state index contributed by atoms with van der Waals surface area (Å²) in [6, 6.07) is 20.2. The van der Waals surface area contributed by atoms with Crippen molar-refractivity contribution >= 4 is 23.4 Å². The Bertz CT molecular complexity index is 1280. The van der Waals surface area contributed by atoms with Gasteiger partial charge in [0.25, 0.3) is 0 Å². The zero-order valence-electron chi connectivity index (χ0n) is 16.9. The van der Waals surface area contributed by atoms with Crippen molar-refractivity contribution in [3.05, 3.63) is 101 Å². The number of amides is 2. The van der Waals surface area contributed by atoms with E-state index in [0.717, 1.165) is 10.5 Å². The number of benzene rings is 3. The molecule has 2 aliphatic rings. The molecule has 2 aliphatic heterocycles. The number of nitrogens with zero attached hydrogens (tertiary/aromatic N) is 3. The number of carbonyl (C=O) groups excluding carboxylic acids is 1. The van der Waals surface area contributed by atoms with Crippen LogP contribution in [-0.4, -0.2) is 28.8 Å². The van der Waals surface area contributed by atoms with E-state index in [1.807, 2.05) is 19.1 Å². The second-order valence-electron chi connectivity index (χ2n) is 7.54. The smallest absolute Gasteiger partial charge is 0.301 e. The summed E-state index contributed by atoms with van der Waals surface area (Å²) in [6.45, 7) is 1.83. The van der Waals surface area contributed by atoms with Gasteiger partial charge in [-0.3, -0.25) is 4.90 Å². The van der Waals surface area contributed by atoms with Crippen molar-refractivity contribution in [2.75, 3.05) is 0 Å². The molecule has 1 unspecified atom stereocenters. The molecule has 0 saturated carbocycles. The van der Waals surface area contributed by atoms with Crippen LogP contribution in [0.2, 0.25) is 0 Å². The summed E-state index contributed by atoms with van der Waals surface area (Å²) in [5.41, 5.74) is -0.794. The molecule has 1 atom stereocenters. The minimum Gasteiger partial charge on any atom is -0.301 e. The predicted octanol–water partition coefficient (Wildman–Crippen LogP) is 5.27. The minimum atomic E-state index is -4.89. The number of fused-ring (bicyclic) bond motifs is 3. The zero-order chi connectivity index (χ0) is 22.5. The van der Waals surface area contributed by atoms with Gasteiger partial charge in [-0.15, -0.1) is 0 Å². The Labute approximate surface area is 181 Å². The van der Waals surface area contributed by atoms with Crippen molar-refractivity contribution in [1.29, 1.82) is 0 Å². The summed E-state index contributed by atoms with van der Waals surface area (Å²) in [4.78, 5) is 22.1. The van der Waals surface area contributed by atoms with Crippen molar-refractivity contribution in [3.8, 4) is 0 Å². The van der Waals surface area contributed by atoms with Crippen molar-refractivity contribution in [2.24, 2.45) is 9.98 Å². The molecule has 160 valence electrons. The van der Waals surface area contributed by atoms with Gasteiger partial charge >= 0.3 is 12.2 Å². The third-order valence-corrected chi connectivity index (χ3v) is 5.61. The molecule has 0 aromatic heterocycles. The van der Waals surface area contributed by atoms with Gasteiger partial charge in [-0.1, -0.05) is 72.8 Å². The molecule has 0 fully saturated rings. The van der Waals surface area contributed by atoms with Crippen molar-refractivity contribution in [2.45, 2.75) is 18.8 Å². The van der Waals surface area contributed by atoms with Crippen LogP contribution in [0.25, 0.3) is 0 Å². The van der Waals surface area contributed by atoms with Gasteiger partial charge in [-0.2, -0.15) is 18.2 Å². The van der Waals surface area contributed by atoms with Gasteiger partial charge < -0.3 is 5.32 Å². The molecule has 32 heavy (non-hydrogen) atoms. The van der Waals surface area contributed by atoms with E-state index < -0.39 is 17.9 Å². The quantitative estimate of drug-likeness (QED) is 0.597. The first-order chi connectivity index (χ1) is 15.3. The summed E-state index contributed by atoms with van der Waals surface area (Å²) in [5, 5.41) is 2.12. The number of carbonyl (C=O) groups is 1. The maximum absolute atomic E-state index is 14.9. The number of aryl methyl sites for hydroxylation is 1. The monoisotopic (exact) mass is 434 g/mol. The highest BCUT2D eigenvalue weighted by Crippen LogP contribution is 2.47. The number of alkyl halides is 3. The number of aliphatic imine (C=N–C) groups is 2. The van der Waals surface area contributed by atoms with E-state index in [0.29, 0.717) is 16.8 Å². The molecular formula is C24H17F3N4O. The van der Waals surface area contributed by atoms with E-state index in [9.17, 15) is 18.0 Å². The molecule has 3 aromatic carbocycles. The summed E-state index contributed by atoms with van der Waals surface area (Å²) < 4.78 is 44.8. The Hall–Kier alpha value is -3.94. The van der Waals surface area contributed by atoms with Gasteiger partial charge in [0.15, 0.2) is 5.84 Å². The van der Waals surface area contributed by atoms with E-state index in [2.05, 4.69) is 15.3 Å². The summed E-state index contributed by atoms with van der Waals surface area (Å²) in [6.07, 6.45) is -4.89. The molecule has 5 nitrogen and oxygen atoms in total. The molecule has 5 rings (SSSR count). The Balaban J connectivity index is 1.86. The lowest BCUT2D eigenvalue weighted by Crippen LogP contribution is -2.69. The minimum absolute atomic E-state index is 0.0647. The van der Waals surface area contributed by atoms with Crippen LogP contribution in [0.3, 0.4) is 0 Å². The summed E-state index contributed by atoms with van der Waals surface area (Å²) in [7, 11) is 0. The van der Waals surface area contributed by atoms with Crippen molar-refractivity contribution < 1.29 is 18.0 Å². The topological polar surface area (TPSA) is 57.1 Å². The lowest BCUT2D eigenvalue weighted by Gasteiger charge is -2.46. The number of urea groups is 1. The predicted molar refractivity (Wildman–Crippen MR) is 115 cm³/mol. The maximum Gasteiger partial charge on any atom is 0.435 e. The van der Waals surface area contributed by atoms with E-state index in [-0.39, 0.29) is 17.2 Å². The molecule has 1 N–H and O–H groups in total. The van der Waals surface area contributed by atoms with E-state index in [1.54, 1.807) is 42.5 Å². The fourth-order valence-corrected chi connectivity index (χ4v) is 4.13. The number of rotatable bonds is 2. The molecule has 2 amide bonds. The van der Waals surface area contributed by atoms with Crippen molar-refractivity contribution in [1.82, 2.24) is 10.2 Å².